The number of nitrogens with zero attached hydrogens (tertiary/aromatic N) is 2. The normalized spacial score (nSPS) is 11.2. The zero-order chi connectivity index (χ0) is 22.7. The molecule has 164 valence electrons. The lowest BCUT2D eigenvalue weighted by Gasteiger charge is -2.10. The molecule has 0 radical (unpaired) electrons. The van der Waals surface area contributed by atoms with E-state index in [9.17, 15) is 13.6 Å². The number of alkyl halides is 2. The van der Waals surface area contributed by atoms with Gasteiger partial charge in [0.25, 0.3) is 0 Å². The lowest BCUT2D eigenvalue weighted by molar-refractivity contribution is -0.0498. The van der Waals surface area contributed by atoms with Crippen LogP contribution in [-0.4, -0.2) is 29.2 Å². The van der Waals surface area contributed by atoms with Gasteiger partial charge in [-0.3, -0.25) is 4.98 Å². The molecular weight excluding hydrogens is 438 g/mol. The molecule has 0 amide bonds. The third-order valence-corrected chi connectivity index (χ3v) is 5.23. The van der Waals surface area contributed by atoms with E-state index in [2.05, 4.69) is 9.72 Å². The summed E-state index contributed by atoms with van der Waals surface area (Å²) >= 11 is 5.98. The van der Waals surface area contributed by atoms with E-state index in [1.54, 1.807) is 18.2 Å². The van der Waals surface area contributed by atoms with Gasteiger partial charge in [-0.15, -0.1) is 0 Å². The summed E-state index contributed by atoms with van der Waals surface area (Å²) < 4.78 is 36.3. The Bertz CT molecular complexity index is 1270. The minimum absolute atomic E-state index is 0.133. The van der Waals surface area contributed by atoms with Crippen LogP contribution in [0.1, 0.15) is 27.2 Å². The number of halogens is 3. The zero-order valence-corrected chi connectivity index (χ0v) is 17.9. The molecule has 4 rings (SSSR count). The maximum absolute atomic E-state index is 12.5. The van der Waals surface area contributed by atoms with Gasteiger partial charge in [0.2, 0.25) is 0 Å². The molecule has 5 nitrogen and oxygen atoms in total. The Morgan fingerprint density at radius 2 is 1.97 bits per heavy atom. The summed E-state index contributed by atoms with van der Waals surface area (Å²) in [6.45, 7) is -2.35. The molecule has 0 aliphatic heterocycles. The Balaban J connectivity index is 1.57. The number of rotatable bonds is 7. The summed E-state index contributed by atoms with van der Waals surface area (Å²) in [7, 11) is 1.32. The molecule has 0 bridgehead atoms. The van der Waals surface area contributed by atoms with Crippen LogP contribution in [0.3, 0.4) is 0 Å². The van der Waals surface area contributed by atoms with Crippen molar-refractivity contribution in [2.45, 2.75) is 19.6 Å². The first-order chi connectivity index (χ1) is 15.4. The minimum Gasteiger partial charge on any atom is -0.465 e. The first-order valence-electron chi connectivity index (χ1n) is 9.77. The number of carbonyl (C=O) groups is 1. The molecule has 0 aliphatic carbocycles. The Labute approximate surface area is 188 Å². The average molecular weight is 457 g/mol. The predicted octanol–water partition coefficient (Wildman–Crippen LogP) is 5.72. The summed E-state index contributed by atoms with van der Waals surface area (Å²) in [6, 6.07) is 16.2. The summed E-state index contributed by atoms with van der Waals surface area (Å²) in [5.41, 5.74) is 3.73. The molecule has 0 aliphatic rings. The second-order valence-electron chi connectivity index (χ2n) is 7.18. The van der Waals surface area contributed by atoms with E-state index in [1.165, 1.54) is 19.4 Å². The van der Waals surface area contributed by atoms with Crippen LogP contribution in [0.4, 0.5) is 8.78 Å². The lowest BCUT2D eigenvalue weighted by atomic mass is 10.0. The molecule has 32 heavy (non-hydrogen) atoms. The zero-order valence-electron chi connectivity index (χ0n) is 17.1. The van der Waals surface area contributed by atoms with E-state index in [4.69, 9.17) is 16.3 Å². The highest BCUT2D eigenvalue weighted by molar-refractivity contribution is 6.30. The van der Waals surface area contributed by atoms with Gasteiger partial charge in [0, 0.05) is 30.9 Å². The van der Waals surface area contributed by atoms with Crippen molar-refractivity contribution in [1.29, 1.82) is 0 Å². The van der Waals surface area contributed by atoms with Gasteiger partial charge in [-0.1, -0.05) is 29.8 Å². The molecule has 0 fully saturated rings. The third kappa shape index (κ3) is 4.89. The number of aromatic nitrogens is 2. The highest BCUT2D eigenvalue weighted by Crippen LogP contribution is 2.24. The number of hydrogen-bond acceptors (Lipinski definition) is 4. The van der Waals surface area contributed by atoms with E-state index < -0.39 is 12.6 Å². The SMILES string of the molecule is COC(=O)c1cc(Cl)cnc1Cc1ccc2c(ccn2Cc2cccc(OC(F)F)c2)c1. The fourth-order valence-electron chi connectivity index (χ4n) is 3.60. The maximum atomic E-state index is 12.5. The van der Waals surface area contributed by atoms with E-state index in [1.807, 2.05) is 41.1 Å². The number of fused-ring (bicyclic) bond motifs is 1. The molecule has 0 saturated heterocycles. The Kier molecular flexibility index (Phi) is 6.37. The minimum atomic E-state index is -2.86. The quantitative estimate of drug-likeness (QED) is 0.334. The van der Waals surface area contributed by atoms with Crippen LogP contribution in [0.5, 0.6) is 5.75 Å². The summed E-state index contributed by atoms with van der Waals surface area (Å²) in [5, 5.41) is 1.38. The van der Waals surface area contributed by atoms with E-state index >= 15 is 0 Å². The fraction of sp³-hybridized carbons (Fsp3) is 0.167. The molecule has 2 heterocycles. The summed E-state index contributed by atoms with van der Waals surface area (Å²) in [6.07, 6.45) is 3.88. The Morgan fingerprint density at radius 1 is 1.12 bits per heavy atom. The van der Waals surface area contributed by atoms with Crippen LogP contribution in [-0.2, 0) is 17.7 Å². The molecule has 4 aromatic rings. The van der Waals surface area contributed by atoms with Crippen molar-refractivity contribution < 1.29 is 23.0 Å². The molecule has 2 aromatic heterocycles. The third-order valence-electron chi connectivity index (χ3n) is 5.03. The highest BCUT2D eigenvalue weighted by atomic mass is 35.5. The van der Waals surface area contributed by atoms with Crippen molar-refractivity contribution in [2.24, 2.45) is 0 Å². The fourth-order valence-corrected chi connectivity index (χ4v) is 3.76. The number of benzene rings is 2. The number of pyridine rings is 1. The monoisotopic (exact) mass is 456 g/mol. The maximum Gasteiger partial charge on any atom is 0.387 e. The smallest absolute Gasteiger partial charge is 0.387 e. The predicted molar refractivity (Wildman–Crippen MR) is 118 cm³/mol. The van der Waals surface area contributed by atoms with Crippen molar-refractivity contribution in [3.05, 3.63) is 94.4 Å². The first kappa shape index (κ1) is 21.8. The van der Waals surface area contributed by atoms with Crippen molar-refractivity contribution in [2.75, 3.05) is 7.11 Å². The van der Waals surface area contributed by atoms with Gasteiger partial charge in [-0.2, -0.15) is 8.78 Å². The number of esters is 1. The molecule has 0 atom stereocenters. The second-order valence-corrected chi connectivity index (χ2v) is 7.62. The molecule has 0 spiro atoms. The van der Waals surface area contributed by atoms with Gasteiger partial charge < -0.3 is 14.0 Å². The highest BCUT2D eigenvalue weighted by Gasteiger charge is 2.15. The molecular formula is C24H19ClF2N2O3. The van der Waals surface area contributed by atoms with E-state index in [0.29, 0.717) is 29.2 Å². The molecule has 2 aromatic carbocycles. The number of carbonyl (C=O) groups excluding carboxylic acids is 1. The van der Waals surface area contributed by atoms with Gasteiger partial charge in [0.05, 0.1) is 23.4 Å². The number of ether oxygens (including phenoxy) is 2. The van der Waals surface area contributed by atoms with Crippen molar-refractivity contribution in [1.82, 2.24) is 9.55 Å². The number of hydrogen-bond donors (Lipinski definition) is 0. The van der Waals surface area contributed by atoms with Crippen LogP contribution >= 0.6 is 11.6 Å². The molecule has 0 saturated carbocycles. The largest absolute Gasteiger partial charge is 0.465 e. The van der Waals surface area contributed by atoms with E-state index in [-0.39, 0.29) is 5.75 Å². The average Bonchev–Trinajstić information content (AvgIpc) is 3.16. The van der Waals surface area contributed by atoms with Gasteiger partial charge in [0.15, 0.2) is 0 Å². The van der Waals surface area contributed by atoms with Crippen LogP contribution in [0.15, 0.2) is 67.0 Å². The van der Waals surface area contributed by atoms with Crippen molar-refractivity contribution >= 4 is 28.5 Å². The number of methoxy groups -OCH3 is 1. The summed E-state index contributed by atoms with van der Waals surface area (Å²) in [5.74, 6) is -0.353. The van der Waals surface area contributed by atoms with Gasteiger partial charge in [-0.05, 0) is 52.9 Å². The standard InChI is InChI=1S/C24H19ClF2N2O3/c1-31-23(30)20-12-18(25)13-28-21(20)11-15-5-6-22-17(9-15)7-8-29(22)14-16-3-2-4-19(10-16)32-24(26)27/h2-10,12-13,24H,11,14H2,1H3. The van der Waals surface area contributed by atoms with Crippen molar-refractivity contribution in [3.63, 3.8) is 0 Å². The van der Waals surface area contributed by atoms with Gasteiger partial charge >= 0.3 is 12.6 Å². The second kappa shape index (κ2) is 9.36. The topological polar surface area (TPSA) is 53.3 Å². The molecule has 0 unspecified atom stereocenters. The van der Waals surface area contributed by atoms with Gasteiger partial charge in [-0.25, -0.2) is 4.79 Å². The van der Waals surface area contributed by atoms with Crippen LogP contribution in [0.25, 0.3) is 10.9 Å². The Morgan fingerprint density at radius 3 is 2.75 bits per heavy atom. The molecule has 8 heteroatoms. The van der Waals surface area contributed by atoms with E-state index in [0.717, 1.165) is 22.0 Å². The van der Waals surface area contributed by atoms with Crippen molar-refractivity contribution in [3.8, 4) is 5.75 Å². The Hall–Kier alpha value is -3.45. The van der Waals surface area contributed by atoms with Gasteiger partial charge in [0.1, 0.15) is 5.75 Å². The first-order valence-corrected chi connectivity index (χ1v) is 10.1. The van der Waals surface area contributed by atoms with Crippen LogP contribution in [0, 0.1) is 0 Å². The van der Waals surface area contributed by atoms with Crippen LogP contribution in [0.2, 0.25) is 5.02 Å². The van der Waals surface area contributed by atoms with Crippen LogP contribution < -0.4 is 4.74 Å². The lowest BCUT2D eigenvalue weighted by Crippen LogP contribution is -2.08. The molecule has 0 N–H and O–H groups in total. The summed E-state index contributed by atoms with van der Waals surface area (Å²) in [4.78, 5) is 16.4.